The molecule has 2 heterocycles. The van der Waals surface area contributed by atoms with E-state index in [4.69, 9.17) is 5.73 Å². The molecule has 0 saturated carbocycles. The zero-order valence-corrected chi connectivity index (χ0v) is 11.0. The molecular weight excluding hydrogens is 282 g/mol. The molecule has 0 saturated heterocycles. The molecule has 2 aromatic heterocycles. The summed E-state index contributed by atoms with van der Waals surface area (Å²) in [5, 5.41) is 1.03. The Balaban J connectivity index is 0.000000853. The smallest absolute Gasteiger partial charge is 0.150 e. The minimum absolute atomic E-state index is 0. The second-order valence-electron chi connectivity index (χ2n) is 3.14. The van der Waals surface area contributed by atoms with Gasteiger partial charge >= 0.3 is 0 Å². The molecule has 0 aliphatic carbocycles. The number of imidazole rings is 1. The second-order valence-corrected chi connectivity index (χ2v) is 3.14. The van der Waals surface area contributed by atoms with Crippen LogP contribution in [-0.2, 0) is 0 Å². The van der Waals surface area contributed by atoms with Crippen molar-refractivity contribution < 1.29 is 0 Å². The largest absolute Gasteiger partial charge is 0.382 e. The van der Waals surface area contributed by atoms with Crippen LogP contribution in [0.3, 0.4) is 0 Å². The van der Waals surface area contributed by atoms with Gasteiger partial charge in [-0.15, -0.1) is 37.2 Å². The molecular formula is C10H11Cl3N4. The minimum atomic E-state index is 0. The number of para-hydroxylation sites is 1. The first-order chi connectivity index (χ1) is 6.86. The van der Waals surface area contributed by atoms with Gasteiger partial charge in [-0.05, 0) is 6.07 Å². The third-order valence-corrected chi connectivity index (χ3v) is 2.30. The van der Waals surface area contributed by atoms with Gasteiger partial charge < -0.3 is 10.7 Å². The minimum Gasteiger partial charge on any atom is -0.382 e. The number of anilines is 1. The summed E-state index contributed by atoms with van der Waals surface area (Å²) in [7, 11) is 0. The maximum atomic E-state index is 5.78. The van der Waals surface area contributed by atoms with Crippen LogP contribution in [0.2, 0.25) is 0 Å². The first-order valence-corrected chi connectivity index (χ1v) is 4.33. The van der Waals surface area contributed by atoms with E-state index in [-0.39, 0.29) is 37.2 Å². The Bertz CT molecular complexity index is 623. The van der Waals surface area contributed by atoms with Crippen molar-refractivity contribution in [3.63, 3.8) is 0 Å². The number of nitrogens with two attached hydrogens (primary N) is 1. The van der Waals surface area contributed by atoms with Gasteiger partial charge in [0.1, 0.15) is 16.9 Å². The Morgan fingerprint density at radius 3 is 2.53 bits per heavy atom. The summed E-state index contributed by atoms with van der Waals surface area (Å²) in [5.74, 6) is 0.496. The molecule has 1 aromatic carbocycles. The van der Waals surface area contributed by atoms with E-state index in [1.54, 1.807) is 6.33 Å². The molecule has 0 unspecified atom stereocenters. The Hall–Kier alpha value is -1.23. The maximum absolute atomic E-state index is 5.78. The number of halogens is 3. The summed E-state index contributed by atoms with van der Waals surface area (Å²) >= 11 is 0. The number of aromatic nitrogens is 3. The Labute approximate surface area is 116 Å². The van der Waals surface area contributed by atoms with E-state index in [0.717, 1.165) is 21.9 Å². The highest BCUT2D eigenvalue weighted by atomic mass is 35.5. The van der Waals surface area contributed by atoms with Crippen molar-refractivity contribution in [2.45, 2.75) is 0 Å². The molecule has 92 valence electrons. The number of pyridine rings is 1. The highest BCUT2D eigenvalue weighted by Crippen LogP contribution is 2.24. The number of rotatable bonds is 0. The lowest BCUT2D eigenvalue weighted by atomic mass is 10.2. The van der Waals surface area contributed by atoms with E-state index in [1.165, 1.54) is 0 Å². The van der Waals surface area contributed by atoms with Gasteiger partial charge in [-0.1, -0.05) is 18.2 Å². The molecule has 3 N–H and O–H groups in total. The summed E-state index contributed by atoms with van der Waals surface area (Å²) in [4.78, 5) is 11.5. The van der Waals surface area contributed by atoms with Gasteiger partial charge in [-0.25, -0.2) is 9.97 Å². The van der Waals surface area contributed by atoms with Gasteiger partial charge in [-0.2, -0.15) is 0 Å². The standard InChI is InChI=1S/C10H8N4.3ClH/c11-10-9-8(12-5-13-9)6-3-1-2-4-7(6)14-10;;;/h1-5H,(H2,11,14)(H,12,13);3*1H. The van der Waals surface area contributed by atoms with Gasteiger partial charge in [0.15, 0.2) is 0 Å². The average molecular weight is 294 g/mol. The lowest BCUT2D eigenvalue weighted by Gasteiger charge is -1.99. The van der Waals surface area contributed by atoms with E-state index in [2.05, 4.69) is 15.0 Å². The van der Waals surface area contributed by atoms with E-state index < -0.39 is 0 Å². The number of H-pyrrole nitrogens is 1. The Morgan fingerprint density at radius 2 is 1.76 bits per heavy atom. The van der Waals surface area contributed by atoms with Gasteiger partial charge in [0.25, 0.3) is 0 Å². The molecule has 4 nitrogen and oxygen atoms in total. The Morgan fingerprint density at radius 1 is 1.06 bits per heavy atom. The molecule has 0 amide bonds. The molecule has 0 fully saturated rings. The molecule has 17 heavy (non-hydrogen) atoms. The third kappa shape index (κ3) is 2.39. The first-order valence-electron chi connectivity index (χ1n) is 4.33. The predicted octanol–water partition coefficient (Wildman–Crippen LogP) is 2.96. The molecule has 3 aromatic rings. The van der Waals surface area contributed by atoms with Crippen LogP contribution in [0, 0.1) is 0 Å². The predicted molar refractivity (Wildman–Crippen MR) is 77.6 cm³/mol. The van der Waals surface area contributed by atoms with Crippen molar-refractivity contribution >= 4 is 65.0 Å². The van der Waals surface area contributed by atoms with Crippen LogP contribution < -0.4 is 5.73 Å². The number of benzene rings is 1. The summed E-state index contributed by atoms with van der Waals surface area (Å²) in [6.07, 6.45) is 1.63. The van der Waals surface area contributed by atoms with Gasteiger partial charge in [0.05, 0.1) is 11.8 Å². The molecule has 0 aliphatic rings. The number of nitrogens with one attached hydrogen (secondary N) is 1. The molecule has 7 heteroatoms. The zero-order chi connectivity index (χ0) is 9.54. The lowest BCUT2D eigenvalue weighted by Crippen LogP contribution is -1.92. The van der Waals surface area contributed by atoms with E-state index in [0.29, 0.717) is 5.82 Å². The average Bonchev–Trinajstić information content (AvgIpc) is 2.67. The summed E-state index contributed by atoms with van der Waals surface area (Å²) in [6.45, 7) is 0. The van der Waals surface area contributed by atoms with Crippen LogP contribution >= 0.6 is 37.2 Å². The number of hydrogen-bond donors (Lipinski definition) is 2. The quantitative estimate of drug-likeness (QED) is 0.669. The molecule has 0 atom stereocenters. The maximum Gasteiger partial charge on any atom is 0.150 e. The number of hydrogen-bond acceptors (Lipinski definition) is 3. The van der Waals surface area contributed by atoms with Crippen LogP contribution in [0.4, 0.5) is 5.82 Å². The Kier molecular flexibility index (Phi) is 5.48. The van der Waals surface area contributed by atoms with Crippen LogP contribution in [0.5, 0.6) is 0 Å². The number of nitrogen functional groups attached to an aromatic ring is 1. The van der Waals surface area contributed by atoms with Gasteiger partial charge in [0.2, 0.25) is 0 Å². The van der Waals surface area contributed by atoms with E-state index in [1.807, 2.05) is 24.3 Å². The van der Waals surface area contributed by atoms with Crippen LogP contribution in [0.15, 0.2) is 30.6 Å². The van der Waals surface area contributed by atoms with E-state index in [9.17, 15) is 0 Å². The summed E-state index contributed by atoms with van der Waals surface area (Å²) < 4.78 is 0. The highest BCUT2D eigenvalue weighted by molar-refractivity contribution is 6.05. The van der Waals surface area contributed by atoms with Gasteiger partial charge in [-0.3, -0.25) is 0 Å². The second kappa shape index (κ2) is 5.91. The van der Waals surface area contributed by atoms with Crippen molar-refractivity contribution in [2.75, 3.05) is 5.73 Å². The fourth-order valence-electron chi connectivity index (χ4n) is 1.65. The van der Waals surface area contributed by atoms with Crippen molar-refractivity contribution in [1.82, 2.24) is 15.0 Å². The first kappa shape index (κ1) is 15.8. The van der Waals surface area contributed by atoms with Gasteiger partial charge in [0, 0.05) is 5.39 Å². The topological polar surface area (TPSA) is 67.6 Å². The van der Waals surface area contributed by atoms with E-state index >= 15 is 0 Å². The van der Waals surface area contributed by atoms with Crippen LogP contribution in [-0.4, -0.2) is 15.0 Å². The molecule has 0 bridgehead atoms. The van der Waals surface area contributed by atoms with Crippen molar-refractivity contribution in [1.29, 1.82) is 0 Å². The number of fused-ring (bicyclic) bond motifs is 3. The van der Waals surface area contributed by atoms with Crippen LogP contribution in [0.25, 0.3) is 21.9 Å². The fraction of sp³-hybridized carbons (Fsp3) is 0. The molecule has 0 spiro atoms. The molecule has 0 radical (unpaired) electrons. The summed E-state index contributed by atoms with van der Waals surface area (Å²) in [6, 6.07) is 7.83. The monoisotopic (exact) mass is 292 g/mol. The lowest BCUT2D eigenvalue weighted by molar-refractivity contribution is 1.34. The van der Waals surface area contributed by atoms with Crippen molar-refractivity contribution in [2.24, 2.45) is 0 Å². The van der Waals surface area contributed by atoms with Crippen molar-refractivity contribution in [3.05, 3.63) is 30.6 Å². The highest BCUT2D eigenvalue weighted by Gasteiger charge is 2.06. The zero-order valence-electron chi connectivity index (χ0n) is 8.58. The summed E-state index contributed by atoms with van der Waals surface area (Å²) in [5.41, 5.74) is 8.36. The third-order valence-electron chi connectivity index (χ3n) is 2.30. The molecule has 0 aliphatic heterocycles. The SMILES string of the molecule is Cl.Cl.Cl.Nc1nc2ccccc2c2nc[nH]c12. The molecule has 3 rings (SSSR count). The fourth-order valence-corrected chi connectivity index (χ4v) is 1.65. The number of aromatic amines is 1. The normalized spacial score (nSPS) is 9.18. The van der Waals surface area contributed by atoms with Crippen molar-refractivity contribution in [3.8, 4) is 0 Å². The number of nitrogens with zero attached hydrogens (tertiary/aromatic N) is 2. The van der Waals surface area contributed by atoms with Crippen LogP contribution in [0.1, 0.15) is 0 Å².